The van der Waals surface area contributed by atoms with Crippen LogP contribution in [0.15, 0.2) is 47.5 Å². The van der Waals surface area contributed by atoms with Crippen LogP contribution in [0, 0.1) is 0 Å². The molecule has 0 aliphatic carbocycles. The van der Waals surface area contributed by atoms with E-state index in [-0.39, 0.29) is 12.0 Å². The minimum absolute atomic E-state index is 0.156. The van der Waals surface area contributed by atoms with Crippen molar-refractivity contribution in [2.24, 2.45) is 0 Å². The van der Waals surface area contributed by atoms with Crippen LogP contribution >= 0.6 is 23.5 Å². The van der Waals surface area contributed by atoms with E-state index in [1.807, 2.05) is 42.3 Å². The molecule has 3 rings (SSSR count). The number of nitrogens with one attached hydrogen (secondary N) is 1. The maximum atomic E-state index is 12.4. The molecule has 1 N–H and O–H groups in total. The maximum absolute atomic E-state index is 12.4. The average Bonchev–Trinajstić information content (AvgIpc) is 3.08. The SMILES string of the molecule is CSc1cccc(NC(=O)c2ccnc(OC3CCSC3)c2)c1. The summed E-state index contributed by atoms with van der Waals surface area (Å²) in [4.78, 5) is 17.7. The number of ether oxygens (including phenoxy) is 1. The highest BCUT2D eigenvalue weighted by atomic mass is 32.2. The van der Waals surface area contributed by atoms with Crippen molar-refractivity contribution >= 4 is 35.1 Å². The molecule has 6 heteroatoms. The number of aromatic nitrogens is 1. The summed E-state index contributed by atoms with van der Waals surface area (Å²) in [5, 5.41) is 2.91. The summed E-state index contributed by atoms with van der Waals surface area (Å²) in [6.45, 7) is 0. The summed E-state index contributed by atoms with van der Waals surface area (Å²) in [5.74, 6) is 2.47. The number of rotatable bonds is 5. The third-order valence-corrected chi connectivity index (χ3v) is 5.36. The van der Waals surface area contributed by atoms with E-state index in [2.05, 4.69) is 10.3 Å². The van der Waals surface area contributed by atoms with Crippen LogP contribution in [0.4, 0.5) is 5.69 Å². The van der Waals surface area contributed by atoms with Gasteiger partial charge in [-0.25, -0.2) is 4.98 Å². The van der Waals surface area contributed by atoms with Crippen molar-refractivity contribution in [1.82, 2.24) is 4.98 Å². The molecule has 0 spiro atoms. The highest BCUT2D eigenvalue weighted by Crippen LogP contribution is 2.23. The predicted octanol–water partition coefficient (Wildman–Crippen LogP) is 3.94. The number of anilines is 1. The van der Waals surface area contributed by atoms with Gasteiger partial charge in [-0.1, -0.05) is 6.07 Å². The number of amides is 1. The van der Waals surface area contributed by atoms with Crippen molar-refractivity contribution in [2.45, 2.75) is 17.4 Å². The number of pyridine rings is 1. The zero-order chi connectivity index (χ0) is 16.1. The first-order valence-corrected chi connectivity index (χ1v) is 9.78. The first kappa shape index (κ1) is 16.2. The van der Waals surface area contributed by atoms with Crippen LogP contribution in [-0.2, 0) is 0 Å². The Morgan fingerprint density at radius 2 is 2.30 bits per heavy atom. The quantitative estimate of drug-likeness (QED) is 0.831. The lowest BCUT2D eigenvalue weighted by Crippen LogP contribution is -2.17. The lowest BCUT2D eigenvalue weighted by Gasteiger charge is -2.12. The topological polar surface area (TPSA) is 51.2 Å². The molecule has 23 heavy (non-hydrogen) atoms. The third kappa shape index (κ3) is 4.42. The van der Waals surface area contributed by atoms with Gasteiger partial charge in [0.1, 0.15) is 6.10 Å². The molecule has 1 aromatic carbocycles. The molecule has 1 saturated heterocycles. The Morgan fingerprint density at radius 1 is 1.39 bits per heavy atom. The van der Waals surface area contributed by atoms with Gasteiger partial charge in [-0.2, -0.15) is 11.8 Å². The van der Waals surface area contributed by atoms with Crippen molar-refractivity contribution in [3.63, 3.8) is 0 Å². The summed E-state index contributed by atoms with van der Waals surface area (Å²) < 4.78 is 5.84. The van der Waals surface area contributed by atoms with Crippen LogP contribution in [0.5, 0.6) is 5.88 Å². The molecule has 1 amide bonds. The Hall–Kier alpha value is -1.66. The molecule has 1 aromatic heterocycles. The number of carbonyl (C=O) groups is 1. The normalized spacial score (nSPS) is 17.0. The van der Waals surface area contributed by atoms with Gasteiger partial charge in [-0.15, -0.1) is 11.8 Å². The Morgan fingerprint density at radius 3 is 3.09 bits per heavy atom. The fraction of sp³-hybridized carbons (Fsp3) is 0.294. The van der Waals surface area contributed by atoms with Crippen molar-refractivity contribution in [2.75, 3.05) is 23.1 Å². The Balaban J connectivity index is 1.68. The molecule has 4 nitrogen and oxygen atoms in total. The van der Waals surface area contributed by atoms with Crippen molar-refractivity contribution in [3.8, 4) is 5.88 Å². The second-order valence-corrected chi connectivity index (χ2v) is 7.20. The van der Waals surface area contributed by atoms with E-state index < -0.39 is 0 Å². The van der Waals surface area contributed by atoms with Gasteiger partial charge in [-0.05, 0) is 42.7 Å². The van der Waals surface area contributed by atoms with Gasteiger partial charge in [0, 0.05) is 34.2 Å². The summed E-state index contributed by atoms with van der Waals surface area (Å²) in [5.41, 5.74) is 1.34. The monoisotopic (exact) mass is 346 g/mol. The van der Waals surface area contributed by atoms with Gasteiger partial charge >= 0.3 is 0 Å². The van der Waals surface area contributed by atoms with Crippen LogP contribution < -0.4 is 10.1 Å². The zero-order valence-corrected chi connectivity index (χ0v) is 14.5. The highest BCUT2D eigenvalue weighted by molar-refractivity contribution is 7.99. The number of hydrogen-bond donors (Lipinski definition) is 1. The summed E-state index contributed by atoms with van der Waals surface area (Å²) in [7, 11) is 0. The zero-order valence-electron chi connectivity index (χ0n) is 12.8. The lowest BCUT2D eigenvalue weighted by molar-refractivity contribution is 0.102. The number of hydrogen-bond acceptors (Lipinski definition) is 5. The van der Waals surface area contributed by atoms with Gasteiger partial charge in [0.15, 0.2) is 0 Å². The smallest absolute Gasteiger partial charge is 0.255 e. The van der Waals surface area contributed by atoms with Gasteiger partial charge in [-0.3, -0.25) is 4.79 Å². The molecule has 1 fully saturated rings. The summed E-state index contributed by atoms with van der Waals surface area (Å²) >= 11 is 3.53. The van der Waals surface area contributed by atoms with Crippen LogP contribution in [-0.4, -0.2) is 34.8 Å². The van der Waals surface area contributed by atoms with Gasteiger partial charge < -0.3 is 10.1 Å². The molecule has 1 aliphatic heterocycles. The molecule has 1 aliphatic rings. The highest BCUT2D eigenvalue weighted by Gasteiger charge is 2.18. The lowest BCUT2D eigenvalue weighted by atomic mass is 10.2. The Kier molecular flexibility index (Phi) is 5.46. The fourth-order valence-electron chi connectivity index (χ4n) is 2.30. The van der Waals surface area contributed by atoms with E-state index in [1.54, 1.807) is 30.1 Å². The number of thioether (sulfide) groups is 2. The number of carbonyl (C=O) groups excluding carboxylic acids is 1. The molecule has 2 aromatic rings. The molecule has 2 heterocycles. The molecular weight excluding hydrogens is 328 g/mol. The first-order chi connectivity index (χ1) is 11.2. The molecule has 120 valence electrons. The first-order valence-electron chi connectivity index (χ1n) is 7.40. The van der Waals surface area contributed by atoms with Crippen molar-refractivity contribution < 1.29 is 9.53 Å². The molecule has 0 bridgehead atoms. The molecular formula is C17H18N2O2S2. The fourth-order valence-corrected chi connectivity index (χ4v) is 3.85. The molecule has 1 atom stereocenters. The summed E-state index contributed by atoms with van der Waals surface area (Å²) in [6, 6.07) is 11.2. The average molecular weight is 346 g/mol. The van der Waals surface area contributed by atoms with E-state index in [4.69, 9.17) is 4.74 Å². The maximum Gasteiger partial charge on any atom is 0.255 e. The molecule has 0 saturated carbocycles. The van der Waals surface area contributed by atoms with E-state index >= 15 is 0 Å². The van der Waals surface area contributed by atoms with Gasteiger partial charge in [0.25, 0.3) is 5.91 Å². The Labute approximate surface area is 144 Å². The third-order valence-electron chi connectivity index (χ3n) is 3.50. The second kappa shape index (κ2) is 7.75. The summed E-state index contributed by atoms with van der Waals surface area (Å²) in [6.07, 6.45) is 4.85. The number of nitrogens with zero attached hydrogens (tertiary/aromatic N) is 1. The van der Waals surface area contributed by atoms with E-state index in [0.717, 1.165) is 28.5 Å². The standard InChI is InChI=1S/C17H18N2O2S2/c1-22-15-4-2-3-13(10-15)19-17(20)12-5-7-18-16(9-12)21-14-6-8-23-11-14/h2-5,7,9-10,14H,6,8,11H2,1H3,(H,19,20). The van der Waals surface area contributed by atoms with E-state index in [0.29, 0.717) is 11.4 Å². The minimum Gasteiger partial charge on any atom is -0.473 e. The van der Waals surface area contributed by atoms with Crippen LogP contribution in [0.1, 0.15) is 16.8 Å². The number of benzene rings is 1. The van der Waals surface area contributed by atoms with Crippen LogP contribution in [0.25, 0.3) is 0 Å². The van der Waals surface area contributed by atoms with Crippen molar-refractivity contribution in [1.29, 1.82) is 0 Å². The second-order valence-electron chi connectivity index (χ2n) is 5.17. The van der Waals surface area contributed by atoms with Crippen molar-refractivity contribution in [3.05, 3.63) is 48.2 Å². The van der Waals surface area contributed by atoms with Crippen LogP contribution in [0.3, 0.4) is 0 Å². The van der Waals surface area contributed by atoms with Gasteiger partial charge in [0.2, 0.25) is 5.88 Å². The van der Waals surface area contributed by atoms with Gasteiger partial charge in [0.05, 0.1) is 0 Å². The molecule has 0 radical (unpaired) electrons. The Bertz CT molecular complexity index is 688. The van der Waals surface area contributed by atoms with Crippen LogP contribution in [0.2, 0.25) is 0 Å². The molecule has 1 unspecified atom stereocenters. The predicted molar refractivity (Wildman–Crippen MR) is 96.8 cm³/mol. The van der Waals surface area contributed by atoms with E-state index in [9.17, 15) is 4.79 Å². The minimum atomic E-state index is -0.156. The van der Waals surface area contributed by atoms with E-state index in [1.165, 1.54) is 0 Å². The largest absolute Gasteiger partial charge is 0.473 e.